The highest BCUT2D eigenvalue weighted by atomic mass is 16.1. The number of fused-ring (bicyclic) bond motifs is 1. The van der Waals surface area contributed by atoms with Crippen LogP contribution in [0.5, 0.6) is 0 Å². The minimum atomic E-state index is -0.117. The zero-order valence-electron chi connectivity index (χ0n) is 10.1. The van der Waals surface area contributed by atoms with Crippen molar-refractivity contribution in [2.24, 2.45) is 0 Å². The van der Waals surface area contributed by atoms with Crippen LogP contribution in [0, 0.1) is 0 Å². The van der Waals surface area contributed by atoms with Crippen LogP contribution in [-0.2, 0) is 6.54 Å². The number of rotatable bonds is 3. The molecule has 5 nitrogen and oxygen atoms in total. The van der Waals surface area contributed by atoms with Gasteiger partial charge in [0.1, 0.15) is 0 Å². The van der Waals surface area contributed by atoms with Gasteiger partial charge < -0.3 is 10.3 Å². The Balaban J connectivity index is 1.73. The van der Waals surface area contributed by atoms with E-state index < -0.39 is 0 Å². The lowest BCUT2D eigenvalue weighted by molar-refractivity contribution is 0.0950. The SMILES string of the molecule is O=C(NCc1cccnn1)c1ccc2[nH]ccc2c1. The number of benzene rings is 1. The summed E-state index contributed by atoms with van der Waals surface area (Å²) in [4.78, 5) is 15.1. The second-order valence-electron chi connectivity index (χ2n) is 4.18. The normalized spacial score (nSPS) is 10.5. The summed E-state index contributed by atoms with van der Waals surface area (Å²) in [6.07, 6.45) is 3.46. The van der Waals surface area contributed by atoms with E-state index in [9.17, 15) is 4.79 Å². The lowest BCUT2D eigenvalue weighted by Gasteiger charge is -2.04. The molecule has 0 aliphatic rings. The Morgan fingerprint density at radius 3 is 3.05 bits per heavy atom. The minimum Gasteiger partial charge on any atom is -0.361 e. The van der Waals surface area contributed by atoms with Gasteiger partial charge in [-0.25, -0.2) is 0 Å². The van der Waals surface area contributed by atoms with E-state index >= 15 is 0 Å². The lowest BCUT2D eigenvalue weighted by Crippen LogP contribution is -2.23. The summed E-state index contributed by atoms with van der Waals surface area (Å²) < 4.78 is 0. The lowest BCUT2D eigenvalue weighted by atomic mass is 10.1. The van der Waals surface area contributed by atoms with E-state index in [4.69, 9.17) is 0 Å². The van der Waals surface area contributed by atoms with E-state index in [1.165, 1.54) is 0 Å². The molecule has 0 radical (unpaired) electrons. The van der Waals surface area contributed by atoms with E-state index in [-0.39, 0.29) is 5.91 Å². The molecule has 0 spiro atoms. The third kappa shape index (κ3) is 2.44. The van der Waals surface area contributed by atoms with E-state index in [0.29, 0.717) is 12.1 Å². The van der Waals surface area contributed by atoms with Crippen molar-refractivity contribution in [2.75, 3.05) is 0 Å². The molecule has 2 aromatic heterocycles. The summed E-state index contributed by atoms with van der Waals surface area (Å²) in [7, 11) is 0. The molecule has 5 heteroatoms. The van der Waals surface area contributed by atoms with Gasteiger partial charge in [0.2, 0.25) is 0 Å². The summed E-state index contributed by atoms with van der Waals surface area (Å²) in [6, 6.07) is 11.1. The van der Waals surface area contributed by atoms with Crippen LogP contribution in [0.4, 0.5) is 0 Å². The number of carbonyl (C=O) groups excluding carboxylic acids is 1. The third-order valence-corrected chi connectivity index (χ3v) is 2.87. The van der Waals surface area contributed by atoms with Crippen molar-refractivity contribution in [2.45, 2.75) is 6.54 Å². The summed E-state index contributed by atoms with van der Waals surface area (Å²) in [6.45, 7) is 0.373. The molecule has 19 heavy (non-hydrogen) atoms. The molecular formula is C14H12N4O. The number of carbonyl (C=O) groups is 1. The molecule has 0 aliphatic carbocycles. The standard InChI is InChI=1S/C14H12N4O/c19-14(16-9-12-2-1-6-17-18-12)11-3-4-13-10(8-11)5-7-15-13/h1-8,15H,9H2,(H,16,19). The number of hydrogen-bond acceptors (Lipinski definition) is 3. The third-order valence-electron chi connectivity index (χ3n) is 2.87. The quantitative estimate of drug-likeness (QED) is 0.747. The fourth-order valence-electron chi connectivity index (χ4n) is 1.90. The van der Waals surface area contributed by atoms with Gasteiger partial charge in [0.05, 0.1) is 12.2 Å². The van der Waals surface area contributed by atoms with Crippen LogP contribution in [-0.4, -0.2) is 21.1 Å². The van der Waals surface area contributed by atoms with Crippen LogP contribution in [0.1, 0.15) is 16.1 Å². The number of amides is 1. The average Bonchev–Trinajstić information content (AvgIpc) is 2.93. The van der Waals surface area contributed by atoms with Gasteiger partial charge in [-0.2, -0.15) is 10.2 Å². The van der Waals surface area contributed by atoms with Crippen LogP contribution < -0.4 is 5.32 Å². The fourth-order valence-corrected chi connectivity index (χ4v) is 1.90. The first-order valence-electron chi connectivity index (χ1n) is 5.95. The van der Waals surface area contributed by atoms with Gasteiger partial charge >= 0.3 is 0 Å². The number of H-pyrrole nitrogens is 1. The molecule has 1 amide bonds. The Morgan fingerprint density at radius 2 is 2.21 bits per heavy atom. The van der Waals surface area contributed by atoms with Gasteiger partial charge in [0.15, 0.2) is 0 Å². The fraction of sp³-hybridized carbons (Fsp3) is 0.0714. The van der Waals surface area contributed by atoms with Crippen molar-refractivity contribution >= 4 is 16.8 Å². The molecule has 3 rings (SSSR count). The average molecular weight is 252 g/mol. The molecule has 1 aromatic carbocycles. The van der Waals surface area contributed by atoms with Crippen LogP contribution in [0.2, 0.25) is 0 Å². The molecule has 0 saturated carbocycles. The largest absolute Gasteiger partial charge is 0.361 e. The van der Waals surface area contributed by atoms with Crippen LogP contribution in [0.3, 0.4) is 0 Å². The molecule has 94 valence electrons. The van der Waals surface area contributed by atoms with Crippen LogP contribution >= 0.6 is 0 Å². The maximum absolute atomic E-state index is 12.0. The predicted molar refractivity (Wildman–Crippen MR) is 71.5 cm³/mol. The summed E-state index contributed by atoms with van der Waals surface area (Å²) in [5.74, 6) is -0.117. The highest BCUT2D eigenvalue weighted by molar-refractivity contribution is 5.97. The first-order valence-corrected chi connectivity index (χ1v) is 5.95. The van der Waals surface area contributed by atoms with Crippen LogP contribution in [0.15, 0.2) is 48.8 Å². The highest BCUT2D eigenvalue weighted by Gasteiger charge is 2.06. The topological polar surface area (TPSA) is 70.7 Å². The zero-order chi connectivity index (χ0) is 13.1. The second kappa shape index (κ2) is 4.89. The molecule has 0 saturated heterocycles. The Morgan fingerprint density at radius 1 is 1.26 bits per heavy atom. The summed E-state index contributed by atoms with van der Waals surface area (Å²) >= 11 is 0. The maximum Gasteiger partial charge on any atom is 0.251 e. The molecule has 3 aromatic rings. The first-order chi connectivity index (χ1) is 9.33. The van der Waals surface area contributed by atoms with Gasteiger partial charge in [0, 0.05) is 28.9 Å². The van der Waals surface area contributed by atoms with Crippen molar-refractivity contribution < 1.29 is 4.79 Å². The number of aromatic nitrogens is 3. The van der Waals surface area contributed by atoms with E-state index in [1.807, 2.05) is 30.5 Å². The highest BCUT2D eigenvalue weighted by Crippen LogP contribution is 2.14. The maximum atomic E-state index is 12.0. The van der Waals surface area contributed by atoms with Gasteiger partial charge in [-0.3, -0.25) is 4.79 Å². The number of nitrogens with zero attached hydrogens (tertiary/aromatic N) is 2. The molecular weight excluding hydrogens is 240 g/mol. The number of hydrogen-bond donors (Lipinski definition) is 2. The summed E-state index contributed by atoms with van der Waals surface area (Å²) in [5.41, 5.74) is 2.39. The molecule has 0 atom stereocenters. The van der Waals surface area contributed by atoms with Gasteiger partial charge in [-0.15, -0.1) is 0 Å². The smallest absolute Gasteiger partial charge is 0.251 e. The van der Waals surface area contributed by atoms with Gasteiger partial charge in [0.25, 0.3) is 5.91 Å². The molecule has 0 unspecified atom stereocenters. The van der Waals surface area contributed by atoms with Gasteiger partial charge in [-0.1, -0.05) is 0 Å². The molecule has 0 aliphatic heterocycles. The van der Waals surface area contributed by atoms with Crippen molar-refractivity contribution in [3.8, 4) is 0 Å². The zero-order valence-corrected chi connectivity index (χ0v) is 10.1. The number of nitrogens with one attached hydrogen (secondary N) is 2. The molecule has 2 N–H and O–H groups in total. The van der Waals surface area contributed by atoms with Gasteiger partial charge in [-0.05, 0) is 36.4 Å². The Bertz CT molecular complexity index is 706. The van der Waals surface area contributed by atoms with Crippen LogP contribution in [0.25, 0.3) is 10.9 Å². The first kappa shape index (κ1) is 11.4. The van der Waals surface area contributed by atoms with Crippen molar-refractivity contribution in [1.29, 1.82) is 0 Å². The molecule has 0 fully saturated rings. The minimum absolute atomic E-state index is 0.117. The van der Waals surface area contributed by atoms with Crippen molar-refractivity contribution in [1.82, 2.24) is 20.5 Å². The Labute approximate surface area is 109 Å². The number of aromatic amines is 1. The van der Waals surface area contributed by atoms with E-state index in [1.54, 1.807) is 18.3 Å². The summed E-state index contributed by atoms with van der Waals surface area (Å²) in [5, 5.41) is 11.5. The predicted octanol–water partition coefficient (Wildman–Crippen LogP) is 1.89. The monoisotopic (exact) mass is 252 g/mol. The molecule has 0 bridgehead atoms. The van der Waals surface area contributed by atoms with Crippen molar-refractivity contribution in [3.05, 3.63) is 60.0 Å². The molecule has 2 heterocycles. The second-order valence-corrected chi connectivity index (χ2v) is 4.18. The van der Waals surface area contributed by atoms with Crippen molar-refractivity contribution in [3.63, 3.8) is 0 Å². The van der Waals surface area contributed by atoms with E-state index in [0.717, 1.165) is 16.6 Å². The Kier molecular flexibility index (Phi) is 2.94. The van der Waals surface area contributed by atoms with E-state index in [2.05, 4.69) is 20.5 Å². The Hall–Kier alpha value is -2.69.